The van der Waals surface area contributed by atoms with Crippen LogP contribution in [-0.4, -0.2) is 81.7 Å². The Morgan fingerprint density at radius 3 is 2.59 bits per heavy atom. The second-order valence-electron chi connectivity index (χ2n) is 7.74. The number of nitrogens with zero attached hydrogens (tertiary/aromatic N) is 3. The van der Waals surface area contributed by atoms with Crippen molar-refractivity contribution >= 4 is 33.6 Å². The molecule has 0 aromatic heterocycles. The summed E-state index contributed by atoms with van der Waals surface area (Å²) in [4.78, 5) is 44.1. The molecular formula is C21H28N4O6S. The molecule has 2 aliphatic rings. The number of piperidine rings is 1. The third-order valence-corrected chi connectivity index (χ3v) is 6.92. The highest BCUT2D eigenvalue weighted by molar-refractivity contribution is 7.90. The van der Waals surface area contributed by atoms with Crippen molar-refractivity contribution in [2.45, 2.75) is 31.1 Å². The number of likely N-dealkylation sites (tertiary alicyclic amines) is 1. The second-order valence-corrected chi connectivity index (χ2v) is 9.39. The highest BCUT2D eigenvalue weighted by Crippen LogP contribution is 2.22. The Bertz CT molecular complexity index is 1010. The van der Waals surface area contributed by atoms with Crippen LogP contribution in [0.2, 0.25) is 0 Å². The molecule has 0 bridgehead atoms. The van der Waals surface area contributed by atoms with Crippen molar-refractivity contribution in [1.82, 2.24) is 14.5 Å². The van der Waals surface area contributed by atoms with Gasteiger partial charge in [-0.2, -0.15) is 0 Å². The maximum atomic E-state index is 12.5. The van der Waals surface area contributed by atoms with Gasteiger partial charge in [-0.25, -0.2) is 8.42 Å². The minimum atomic E-state index is -3.62. The highest BCUT2D eigenvalue weighted by Gasteiger charge is 2.31. The van der Waals surface area contributed by atoms with Gasteiger partial charge in [-0.15, -0.1) is 0 Å². The average molecular weight is 465 g/mol. The quantitative estimate of drug-likeness (QED) is 0.582. The fraction of sp³-hybridized carbons (Fsp3) is 0.524. The summed E-state index contributed by atoms with van der Waals surface area (Å²) in [5.41, 5.74) is 0.481. The van der Waals surface area contributed by atoms with Crippen molar-refractivity contribution in [3.63, 3.8) is 0 Å². The Labute approximate surface area is 187 Å². The SMILES string of the molecule is CCOC(=O)C1CCN(C(=O)CN(C)C(=O)CCN=C2NS(=O)(=O)c3ccccc32)CC1. The summed E-state index contributed by atoms with van der Waals surface area (Å²) in [5.74, 6) is -0.627. The molecule has 2 heterocycles. The maximum absolute atomic E-state index is 12.5. The molecule has 0 aliphatic carbocycles. The number of amides is 2. The second kappa shape index (κ2) is 10.1. The first kappa shape index (κ1) is 23.7. The van der Waals surface area contributed by atoms with Gasteiger partial charge in [0.1, 0.15) is 5.84 Å². The number of rotatable bonds is 7. The molecule has 1 fully saturated rings. The number of nitrogens with one attached hydrogen (secondary N) is 1. The molecule has 0 unspecified atom stereocenters. The number of esters is 1. The summed E-state index contributed by atoms with van der Waals surface area (Å²) in [6, 6.07) is 6.51. The first-order valence-corrected chi connectivity index (χ1v) is 12.1. The van der Waals surface area contributed by atoms with Gasteiger partial charge in [0.25, 0.3) is 10.0 Å². The predicted molar refractivity (Wildman–Crippen MR) is 116 cm³/mol. The zero-order valence-corrected chi connectivity index (χ0v) is 19.1. The number of sulfonamides is 1. The first-order valence-electron chi connectivity index (χ1n) is 10.6. The molecule has 0 saturated carbocycles. The molecule has 10 nitrogen and oxygen atoms in total. The zero-order valence-electron chi connectivity index (χ0n) is 18.2. The van der Waals surface area contributed by atoms with Crippen LogP contribution in [0.15, 0.2) is 34.2 Å². The van der Waals surface area contributed by atoms with E-state index < -0.39 is 10.0 Å². The minimum absolute atomic E-state index is 0.0438. The standard InChI is InChI=1S/C21H28N4O6S/c1-3-31-21(28)15-9-12-25(13-10-15)19(27)14-24(2)18(26)8-11-22-20-16-6-4-5-7-17(16)32(29,30)23-20/h4-7,15H,3,8-14H2,1-2H3,(H,22,23). The van der Waals surface area contributed by atoms with E-state index in [1.54, 1.807) is 37.1 Å². The summed E-state index contributed by atoms with van der Waals surface area (Å²) in [6.07, 6.45) is 1.15. The molecule has 32 heavy (non-hydrogen) atoms. The number of ether oxygens (including phenoxy) is 1. The largest absolute Gasteiger partial charge is 0.466 e. The van der Waals surface area contributed by atoms with Crippen LogP contribution >= 0.6 is 0 Å². The molecule has 11 heteroatoms. The van der Waals surface area contributed by atoms with E-state index in [1.165, 1.54) is 11.0 Å². The Morgan fingerprint density at radius 2 is 1.91 bits per heavy atom. The van der Waals surface area contributed by atoms with Crippen LogP contribution in [0.3, 0.4) is 0 Å². The molecule has 3 rings (SSSR count). The summed E-state index contributed by atoms with van der Waals surface area (Å²) in [6.45, 7) is 3.05. The van der Waals surface area contributed by atoms with E-state index in [9.17, 15) is 22.8 Å². The van der Waals surface area contributed by atoms with Gasteiger partial charge in [0.2, 0.25) is 11.8 Å². The van der Waals surface area contributed by atoms with Gasteiger partial charge < -0.3 is 14.5 Å². The summed E-state index contributed by atoms with van der Waals surface area (Å²) in [7, 11) is -2.07. The van der Waals surface area contributed by atoms with Gasteiger partial charge in [-0.05, 0) is 31.9 Å². The van der Waals surface area contributed by atoms with E-state index in [-0.39, 0.29) is 53.9 Å². The number of aliphatic imine (C=N–C) groups is 1. The van der Waals surface area contributed by atoms with Crippen molar-refractivity contribution in [2.24, 2.45) is 10.9 Å². The number of hydrogen-bond acceptors (Lipinski definition) is 7. The minimum Gasteiger partial charge on any atom is -0.466 e. The van der Waals surface area contributed by atoms with Crippen LogP contribution in [0.1, 0.15) is 31.7 Å². The Kier molecular flexibility index (Phi) is 7.49. The van der Waals surface area contributed by atoms with E-state index >= 15 is 0 Å². The van der Waals surface area contributed by atoms with E-state index in [0.29, 0.717) is 38.1 Å². The van der Waals surface area contributed by atoms with Crippen LogP contribution in [0.4, 0.5) is 0 Å². The van der Waals surface area contributed by atoms with Crippen molar-refractivity contribution in [1.29, 1.82) is 0 Å². The normalized spacial score (nSPS) is 18.7. The molecule has 0 atom stereocenters. The van der Waals surface area contributed by atoms with Crippen LogP contribution in [0, 0.1) is 5.92 Å². The lowest BCUT2D eigenvalue weighted by Crippen LogP contribution is -2.45. The lowest BCUT2D eigenvalue weighted by molar-refractivity contribution is -0.151. The van der Waals surface area contributed by atoms with Crippen LogP contribution in [0.5, 0.6) is 0 Å². The average Bonchev–Trinajstić information content (AvgIpc) is 3.04. The molecule has 2 amide bonds. The fourth-order valence-corrected chi connectivity index (χ4v) is 4.97. The van der Waals surface area contributed by atoms with Crippen LogP contribution in [0.25, 0.3) is 0 Å². The monoisotopic (exact) mass is 464 g/mol. The van der Waals surface area contributed by atoms with Crippen LogP contribution < -0.4 is 4.72 Å². The van der Waals surface area contributed by atoms with Crippen molar-refractivity contribution in [3.05, 3.63) is 29.8 Å². The predicted octanol–water partition coefficient (Wildman–Crippen LogP) is 0.375. The molecule has 174 valence electrons. The van der Waals surface area contributed by atoms with Gasteiger partial charge in [0, 0.05) is 32.1 Å². The molecule has 2 aliphatic heterocycles. The van der Waals surface area contributed by atoms with E-state index in [0.717, 1.165) is 0 Å². The maximum Gasteiger partial charge on any atom is 0.309 e. The Hall–Kier alpha value is -2.95. The molecular weight excluding hydrogens is 436 g/mol. The number of amidine groups is 1. The molecule has 0 spiro atoms. The fourth-order valence-electron chi connectivity index (χ4n) is 3.72. The summed E-state index contributed by atoms with van der Waals surface area (Å²) in [5, 5.41) is 0. The van der Waals surface area contributed by atoms with Crippen molar-refractivity contribution < 1.29 is 27.5 Å². The molecule has 0 radical (unpaired) electrons. The van der Waals surface area contributed by atoms with Gasteiger partial charge in [-0.1, -0.05) is 12.1 Å². The topological polar surface area (TPSA) is 125 Å². The third-order valence-electron chi connectivity index (χ3n) is 5.52. The lowest BCUT2D eigenvalue weighted by atomic mass is 9.97. The van der Waals surface area contributed by atoms with E-state index in [2.05, 4.69) is 9.71 Å². The molecule has 1 aromatic rings. The molecule has 1 N–H and O–H groups in total. The number of fused-ring (bicyclic) bond motifs is 1. The van der Waals surface area contributed by atoms with Crippen LogP contribution in [-0.2, 0) is 29.1 Å². The smallest absolute Gasteiger partial charge is 0.309 e. The number of benzene rings is 1. The number of likely N-dealkylation sites (N-methyl/N-ethyl adjacent to an activating group) is 1. The van der Waals surface area contributed by atoms with Gasteiger partial charge in [0.05, 0.1) is 30.5 Å². The number of hydrogen-bond donors (Lipinski definition) is 1. The van der Waals surface area contributed by atoms with Gasteiger partial charge in [-0.3, -0.25) is 24.1 Å². The van der Waals surface area contributed by atoms with E-state index in [1.807, 2.05) is 0 Å². The van der Waals surface area contributed by atoms with Crippen molar-refractivity contribution in [3.8, 4) is 0 Å². The van der Waals surface area contributed by atoms with E-state index in [4.69, 9.17) is 4.74 Å². The third kappa shape index (κ3) is 5.45. The van der Waals surface area contributed by atoms with Gasteiger partial charge in [0.15, 0.2) is 0 Å². The number of carbonyl (C=O) groups is 3. The zero-order chi connectivity index (χ0) is 23.3. The highest BCUT2D eigenvalue weighted by atomic mass is 32.2. The summed E-state index contributed by atoms with van der Waals surface area (Å²) >= 11 is 0. The molecule has 1 saturated heterocycles. The lowest BCUT2D eigenvalue weighted by Gasteiger charge is -2.32. The van der Waals surface area contributed by atoms with Crippen molar-refractivity contribution in [2.75, 3.05) is 39.8 Å². The van der Waals surface area contributed by atoms with Gasteiger partial charge >= 0.3 is 5.97 Å². The Morgan fingerprint density at radius 1 is 1.22 bits per heavy atom. The number of carbonyl (C=O) groups excluding carboxylic acids is 3. The first-order chi connectivity index (χ1) is 15.2. The summed E-state index contributed by atoms with van der Waals surface area (Å²) < 4.78 is 31.6. The Balaban J connectivity index is 1.46. The molecule has 1 aromatic carbocycles.